The maximum Gasteiger partial charge on any atom is 0.244 e. The molecule has 0 bridgehead atoms. The summed E-state index contributed by atoms with van der Waals surface area (Å²) in [6, 6.07) is 5.04. The van der Waals surface area contributed by atoms with Gasteiger partial charge in [0.2, 0.25) is 10.0 Å². The van der Waals surface area contributed by atoms with Gasteiger partial charge in [-0.15, -0.1) is 12.4 Å². The number of hydrogen-bond acceptors (Lipinski definition) is 4. The molecule has 1 heterocycles. The Hall–Kier alpha value is -0.180. The topological polar surface area (TPSA) is 72.6 Å². The van der Waals surface area contributed by atoms with E-state index in [1.54, 1.807) is 19.2 Å². The van der Waals surface area contributed by atoms with Crippen LogP contribution in [0.4, 0.5) is 0 Å². The third-order valence-electron chi connectivity index (χ3n) is 3.89. The maximum absolute atomic E-state index is 12.9. The lowest BCUT2D eigenvalue weighted by Gasteiger charge is -2.37. The molecule has 0 spiro atoms. The molecular weight excluding hydrogens is 392 g/mol. The highest BCUT2D eigenvalue weighted by atomic mass is 79.9. The summed E-state index contributed by atoms with van der Waals surface area (Å²) >= 11 is 3.36. The molecule has 2 rings (SSSR count). The van der Waals surface area contributed by atoms with Crippen LogP contribution in [0.5, 0.6) is 0 Å². The molecule has 0 saturated carbocycles. The average molecular weight is 414 g/mol. The fourth-order valence-corrected chi connectivity index (χ4v) is 5.49. The molecule has 2 unspecified atom stereocenters. The predicted molar refractivity (Wildman–Crippen MR) is 92.9 cm³/mol. The van der Waals surface area contributed by atoms with Gasteiger partial charge in [0.25, 0.3) is 0 Å². The number of sulfonamides is 1. The number of piperidine rings is 1. The second-order valence-electron chi connectivity index (χ2n) is 5.32. The first-order chi connectivity index (χ1) is 9.90. The van der Waals surface area contributed by atoms with Crippen molar-refractivity contribution in [2.45, 2.75) is 36.8 Å². The summed E-state index contributed by atoms with van der Waals surface area (Å²) in [5.74, 6) is 0. The molecule has 8 heteroatoms. The lowest BCUT2D eigenvalue weighted by Crippen LogP contribution is -2.51. The van der Waals surface area contributed by atoms with Crippen LogP contribution in [-0.4, -0.2) is 45.1 Å². The van der Waals surface area contributed by atoms with Gasteiger partial charge in [-0.05, 0) is 53.4 Å². The largest absolute Gasteiger partial charge is 0.381 e. The molecule has 1 saturated heterocycles. The van der Waals surface area contributed by atoms with Gasteiger partial charge in [0, 0.05) is 30.7 Å². The third kappa shape index (κ3) is 4.01. The van der Waals surface area contributed by atoms with E-state index in [1.165, 1.54) is 4.31 Å². The first kappa shape index (κ1) is 19.9. The lowest BCUT2D eigenvalue weighted by molar-refractivity contribution is 0.0401. The zero-order valence-corrected chi connectivity index (χ0v) is 15.9. The van der Waals surface area contributed by atoms with Gasteiger partial charge in [0.1, 0.15) is 0 Å². The molecule has 0 aromatic heterocycles. The van der Waals surface area contributed by atoms with Crippen LogP contribution in [0.15, 0.2) is 27.6 Å². The van der Waals surface area contributed by atoms with Gasteiger partial charge in [-0.1, -0.05) is 6.07 Å². The molecule has 1 aliphatic rings. The molecule has 126 valence electrons. The Kier molecular flexibility index (Phi) is 7.29. The van der Waals surface area contributed by atoms with Crippen molar-refractivity contribution >= 4 is 38.4 Å². The quantitative estimate of drug-likeness (QED) is 0.822. The third-order valence-corrected chi connectivity index (χ3v) is 6.82. The van der Waals surface area contributed by atoms with Crippen LogP contribution in [0.1, 0.15) is 18.4 Å². The van der Waals surface area contributed by atoms with Crippen molar-refractivity contribution in [3.05, 3.63) is 28.2 Å². The lowest BCUT2D eigenvalue weighted by atomic mass is 10.0. The Balaban J connectivity index is 0.00000242. The van der Waals surface area contributed by atoms with Crippen molar-refractivity contribution in [2.24, 2.45) is 5.73 Å². The van der Waals surface area contributed by atoms with E-state index in [0.717, 1.165) is 5.56 Å². The first-order valence-corrected chi connectivity index (χ1v) is 9.14. The summed E-state index contributed by atoms with van der Waals surface area (Å²) in [7, 11) is -1.90. The molecule has 0 radical (unpaired) electrons. The molecule has 5 nitrogen and oxygen atoms in total. The van der Waals surface area contributed by atoms with Crippen LogP contribution in [0.2, 0.25) is 0 Å². The van der Waals surface area contributed by atoms with Crippen LogP contribution < -0.4 is 5.73 Å². The standard InChI is InChI=1S/C14H21BrN2O3S.ClH/c1-10-3-4-14(13(15)7-10)21(18,19)17-6-5-12(20-2)8-11(17)9-16;/h3-4,7,11-12H,5-6,8-9,16H2,1-2H3;1H. The highest BCUT2D eigenvalue weighted by Crippen LogP contribution is 2.30. The monoisotopic (exact) mass is 412 g/mol. The fraction of sp³-hybridized carbons (Fsp3) is 0.571. The van der Waals surface area contributed by atoms with E-state index in [1.807, 2.05) is 13.0 Å². The Bertz CT molecular complexity index is 612. The number of rotatable bonds is 4. The van der Waals surface area contributed by atoms with Crippen LogP contribution in [0.3, 0.4) is 0 Å². The normalized spacial score (nSPS) is 23.1. The number of methoxy groups -OCH3 is 1. The molecule has 2 atom stereocenters. The summed E-state index contributed by atoms with van der Waals surface area (Å²) in [6.07, 6.45) is 1.40. The van der Waals surface area contributed by atoms with Crippen LogP contribution in [0, 0.1) is 6.92 Å². The van der Waals surface area contributed by atoms with Crippen molar-refractivity contribution in [2.75, 3.05) is 20.2 Å². The van der Waals surface area contributed by atoms with Crippen molar-refractivity contribution in [3.63, 3.8) is 0 Å². The molecule has 1 aliphatic heterocycles. The van der Waals surface area contributed by atoms with E-state index in [9.17, 15) is 8.42 Å². The van der Waals surface area contributed by atoms with Crippen molar-refractivity contribution in [1.29, 1.82) is 0 Å². The minimum atomic E-state index is -3.55. The van der Waals surface area contributed by atoms with Crippen molar-refractivity contribution in [3.8, 4) is 0 Å². The van der Waals surface area contributed by atoms with Crippen LogP contribution in [0.25, 0.3) is 0 Å². The molecule has 0 amide bonds. The van der Waals surface area contributed by atoms with Gasteiger partial charge < -0.3 is 10.5 Å². The van der Waals surface area contributed by atoms with Gasteiger partial charge in [0.15, 0.2) is 0 Å². The van der Waals surface area contributed by atoms with Crippen LogP contribution in [-0.2, 0) is 14.8 Å². The van der Waals surface area contributed by atoms with E-state index in [2.05, 4.69) is 15.9 Å². The Morgan fingerprint density at radius 2 is 2.14 bits per heavy atom. The number of benzene rings is 1. The zero-order chi connectivity index (χ0) is 15.6. The molecular formula is C14H22BrClN2O3S. The molecule has 1 fully saturated rings. The van der Waals surface area contributed by atoms with E-state index in [-0.39, 0.29) is 24.6 Å². The van der Waals surface area contributed by atoms with Crippen molar-refractivity contribution in [1.82, 2.24) is 4.31 Å². The number of nitrogens with two attached hydrogens (primary N) is 1. The summed E-state index contributed by atoms with van der Waals surface area (Å²) in [4.78, 5) is 0.294. The average Bonchev–Trinajstić information content (AvgIpc) is 2.46. The highest BCUT2D eigenvalue weighted by molar-refractivity contribution is 9.10. The van der Waals surface area contributed by atoms with E-state index >= 15 is 0 Å². The van der Waals surface area contributed by atoms with Gasteiger partial charge in [0.05, 0.1) is 11.0 Å². The highest BCUT2D eigenvalue weighted by Gasteiger charge is 2.37. The molecule has 2 N–H and O–H groups in total. The minimum absolute atomic E-state index is 0. The SMILES string of the molecule is COC1CCN(S(=O)(=O)c2ccc(C)cc2Br)C(CN)C1.Cl. The summed E-state index contributed by atoms with van der Waals surface area (Å²) in [5.41, 5.74) is 6.78. The first-order valence-electron chi connectivity index (χ1n) is 6.91. The fourth-order valence-electron chi connectivity index (χ4n) is 2.68. The summed E-state index contributed by atoms with van der Waals surface area (Å²) in [5, 5.41) is 0. The number of hydrogen-bond donors (Lipinski definition) is 1. The molecule has 1 aromatic carbocycles. The zero-order valence-electron chi connectivity index (χ0n) is 12.7. The number of ether oxygens (including phenoxy) is 1. The number of halogens is 2. The predicted octanol–water partition coefficient (Wildman–Crippen LogP) is 2.31. The van der Waals surface area contributed by atoms with Crippen LogP contribution >= 0.6 is 28.3 Å². The van der Waals surface area contributed by atoms with Gasteiger partial charge >= 0.3 is 0 Å². The maximum atomic E-state index is 12.9. The Morgan fingerprint density at radius 1 is 1.45 bits per heavy atom. The Morgan fingerprint density at radius 3 is 2.68 bits per heavy atom. The second kappa shape index (κ2) is 8.08. The minimum Gasteiger partial charge on any atom is -0.381 e. The van der Waals surface area contributed by atoms with E-state index < -0.39 is 10.0 Å². The smallest absolute Gasteiger partial charge is 0.244 e. The number of nitrogens with zero attached hydrogens (tertiary/aromatic N) is 1. The van der Waals surface area contributed by atoms with E-state index in [4.69, 9.17) is 10.5 Å². The molecule has 0 aliphatic carbocycles. The van der Waals surface area contributed by atoms with Crippen molar-refractivity contribution < 1.29 is 13.2 Å². The van der Waals surface area contributed by atoms with E-state index in [0.29, 0.717) is 35.3 Å². The summed E-state index contributed by atoms with van der Waals surface area (Å²) in [6.45, 7) is 2.65. The number of aryl methyl sites for hydroxylation is 1. The Labute approximate surface area is 146 Å². The summed E-state index contributed by atoms with van der Waals surface area (Å²) < 4.78 is 33.2. The second-order valence-corrected chi connectivity index (χ2v) is 8.03. The van der Waals surface area contributed by atoms with Gasteiger partial charge in [-0.2, -0.15) is 4.31 Å². The van der Waals surface area contributed by atoms with Gasteiger partial charge in [-0.3, -0.25) is 0 Å². The molecule has 22 heavy (non-hydrogen) atoms. The molecule has 1 aromatic rings. The van der Waals surface area contributed by atoms with Gasteiger partial charge in [-0.25, -0.2) is 8.42 Å².